The van der Waals surface area contributed by atoms with Crippen molar-refractivity contribution in [1.29, 1.82) is 0 Å². The first-order valence-corrected chi connectivity index (χ1v) is 9.35. The van der Waals surface area contributed by atoms with Crippen molar-refractivity contribution in [3.8, 4) is 0 Å². The highest BCUT2D eigenvalue weighted by Crippen LogP contribution is 2.28. The summed E-state index contributed by atoms with van der Waals surface area (Å²) in [4.78, 5) is 7.42. The number of aromatic nitrogens is 2. The number of hydrogen-bond donors (Lipinski definition) is 1. The van der Waals surface area contributed by atoms with Gasteiger partial charge in [-0.25, -0.2) is 4.98 Å². The van der Waals surface area contributed by atoms with Crippen LogP contribution in [0.5, 0.6) is 0 Å². The quantitative estimate of drug-likeness (QED) is 0.847. The van der Waals surface area contributed by atoms with E-state index < -0.39 is 0 Å². The molecular formula is C19H28N4O. The Balaban J connectivity index is 1.36. The third-order valence-corrected chi connectivity index (χ3v) is 5.07. The fourth-order valence-electron chi connectivity index (χ4n) is 3.72. The Bertz CT molecular complexity index is 679. The highest BCUT2D eigenvalue weighted by Gasteiger charge is 2.32. The molecule has 1 saturated heterocycles. The van der Waals surface area contributed by atoms with Gasteiger partial charge in [0, 0.05) is 32.2 Å². The van der Waals surface area contributed by atoms with Gasteiger partial charge in [0.2, 0.25) is 0 Å². The number of aryl methyl sites for hydroxylation is 1. The van der Waals surface area contributed by atoms with Gasteiger partial charge < -0.3 is 14.6 Å². The Hall–Kier alpha value is -1.43. The zero-order chi connectivity index (χ0) is 16.4. The zero-order valence-electron chi connectivity index (χ0n) is 14.6. The van der Waals surface area contributed by atoms with E-state index in [-0.39, 0.29) is 0 Å². The van der Waals surface area contributed by atoms with Gasteiger partial charge in [-0.2, -0.15) is 0 Å². The summed E-state index contributed by atoms with van der Waals surface area (Å²) in [6, 6.07) is 9.26. The van der Waals surface area contributed by atoms with Crippen molar-refractivity contribution in [3.05, 3.63) is 30.1 Å². The molecule has 1 unspecified atom stereocenters. The topological polar surface area (TPSA) is 42.3 Å². The maximum absolute atomic E-state index is 5.93. The molecule has 5 heteroatoms. The summed E-state index contributed by atoms with van der Waals surface area (Å²) in [6.07, 6.45) is 4.18. The van der Waals surface area contributed by atoms with Gasteiger partial charge in [-0.15, -0.1) is 0 Å². The van der Waals surface area contributed by atoms with Gasteiger partial charge >= 0.3 is 0 Å². The Morgan fingerprint density at radius 3 is 3.00 bits per heavy atom. The van der Waals surface area contributed by atoms with Crippen molar-refractivity contribution in [1.82, 2.24) is 19.8 Å². The molecule has 0 bridgehead atoms. The Morgan fingerprint density at radius 1 is 1.29 bits per heavy atom. The van der Waals surface area contributed by atoms with Crippen LogP contribution in [0.1, 0.15) is 32.0 Å². The number of morpholine rings is 1. The zero-order valence-corrected chi connectivity index (χ0v) is 14.6. The summed E-state index contributed by atoms with van der Waals surface area (Å²) in [7, 11) is 0. The van der Waals surface area contributed by atoms with Crippen molar-refractivity contribution < 1.29 is 4.74 Å². The normalized spacial score (nSPS) is 22.3. The monoisotopic (exact) mass is 328 g/mol. The third-order valence-electron chi connectivity index (χ3n) is 5.07. The van der Waals surface area contributed by atoms with Crippen molar-refractivity contribution in [2.24, 2.45) is 0 Å². The molecule has 1 saturated carbocycles. The van der Waals surface area contributed by atoms with E-state index >= 15 is 0 Å². The van der Waals surface area contributed by atoms with Crippen molar-refractivity contribution in [2.75, 3.05) is 26.2 Å². The van der Waals surface area contributed by atoms with E-state index in [0.717, 1.165) is 63.1 Å². The van der Waals surface area contributed by atoms with E-state index in [1.165, 1.54) is 18.4 Å². The van der Waals surface area contributed by atoms with Crippen molar-refractivity contribution >= 4 is 11.0 Å². The molecule has 5 nitrogen and oxygen atoms in total. The molecular weight excluding hydrogens is 300 g/mol. The molecule has 24 heavy (non-hydrogen) atoms. The van der Waals surface area contributed by atoms with E-state index in [2.05, 4.69) is 46.0 Å². The van der Waals surface area contributed by atoms with Gasteiger partial charge in [-0.05, 0) is 31.4 Å². The minimum Gasteiger partial charge on any atom is -0.374 e. The highest BCUT2D eigenvalue weighted by atomic mass is 16.5. The minimum absolute atomic E-state index is 0.309. The summed E-state index contributed by atoms with van der Waals surface area (Å²) in [5, 5.41) is 3.58. The molecule has 1 atom stereocenters. The maximum atomic E-state index is 5.93. The van der Waals surface area contributed by atoms with Crippen LogP contribution in [0.3, 0.4) is 0 Å². The Labute approximate surface area is 144 Å². The molecule has 2 fully saturated rings. The second kappa shape index (κ2) is 7.21. The molecule has 0 spiro atoms. The van der Waals surface area contributed by atoms with E-state index in [1.54, 1.807) is 0 Å². The SMILES string of the molecule is CCCn1c(CNCC2CN(C3CC3)CCO2)nc2ccccc21. The smallest absolute Gasteiger partial charge is 0.123 e. The first-order valence-electron chi connectivity index (χ1n) is 9.35. The lowest BCUT2D eigenvalue weighted by atomic mass is 10.2. The number of rotatable bonds is 7. The maximum Gasteiger partial charge on any atom is 0.123 e. The molecule has 2 aromatic rings. The summed E-state index contributed by atoms with van der Waals surface area (Å²) in [5.74, 6) is 1.13. The predicted molar refractivity (Wildman–Crippen MR) is 96.1 cm³/mol. The number of benzene rings is 1. The largest absolute Gasteiger partial charge is 0.374 e. The predicted octanol–water partition coefficient (Wildman–Crippen LogP) is 2.40. The molecule has 130 valence electrons. The van der Waals surface area contributed by atoms with Gasteiger partial charge in [-0.1, -0.05) is 19.1 Å². The van der Waals surface area contributed by atoms with Gasteiger partial charge in [-0.3, -0.25) is 4.90 Å². The average Bonchev–Trinajstić information content (AvgIpc) is 3.40. The Morgan fingerprint density at radius 2 is 2.17 bits per heavy atom. The first kappa shape index (κ1) is 16.1. The molecule has 0 radical (unpaired) electrons. The number of para-hydroxylation sites is 2. The van der Waals surface area contributed by atoms with Crippen LogP contribution in [0.15, 0.2) is 24.3 Å². The van der Waals surface area contributed by atoms with Gasteiger partial charge in [0.15, 0.2) is 0 Å². The first-order chi connectivity index (χ1) is 11.8. The molecule has 1 aromatic carbocycles. The number of imidazole rings is 1. The summed E-state index contributed by atoms with van der Waals surface area (Å²) in [5.41, 5.74) is 2.33. The molecule has 2 heterocycles. The van der Waals surface area contributed by atoms with Crippen LogP contribution in [-0.4, -0.2) is 52.8 Å². The molecule has 1 N–H and O–H groups in total. The van der Waals surface area contributed by atoms with E-state index in [0.29, 0.717) is 6.10 Å². The van der Waals surface area contributed by atoms with Gasteiger partial charge in [0.05, 0.1) is 30.3 Å². The number of hydrogen-bond acceptors (Lipinski definition) is 4. The van der Waals surface area contributed by atoms with E-state index in [1.807, 2.05) is 0 Å². The number of fused-ring (bicyclic) bond motifs is 1. The van der Waals surface area contributed by atoms with Crippen LogP contribution in [0, 0.1) is 0 Å². The fraction of sp³-hybridized carbons (Fsp3) is 0.632. The third kappa shape index (κ3) is 3.48. The van der Waals surface area contributed by atoms with E-state index in [4.69, 9.17) is 9.72 Å². The molecule has 1 aliphatic heterocycles. The van der Waals surface area contributed by atoms with Gasteiger partial charge in [0.25, 0.3) is 0 Å². The van der Waals surface area contributed by atoms with Crippen LogP contribution in [0.4, 0.5) is 0 Å². The number of ether oxygens (including phenoxy) is 1. The van der Waals surface area contributed by atoms with Crippen LogP contribution >= 0.6 is 0 Å². The molecule has 1 aromatic heterocycles. The fourth-order valence-corrected chi connectivity index (χ4v) is 3.72. The van der Waals surface area contributed by atoms with Gasteiger partial charge in [0.1, 0.15) is 5.82 Å². The van der Waals surface area contributed by atoms with E-state index in [9.17, 15) is 0 Å². The number of nitrogens with zero attached hydrogens (tertiary/aromatic N) is 3. The minimum atomic E-state index is 0.309. The molecule has 4 rings (SSSR count). The van der Waals surface area contributed by atoms with Crippen LogP contribution in [0.2, 0.25) is 0 Å². The standard InChI is InChI=1S/C19H28N4O/c1-2-9-23-18-6-4-3-5-17(18)21-19(23)13-20-12-16-14-22(10-11-24-16)15-7-8-15/h3-6,15-16,20H,2,7-14H2,1H3. The average molecular weight is 328 g/mol. The lowest BCUT2D eigenvalue weighted by Crippen LogP contribution is -2.47. The van der Waals surface area contributed by atoms with Crippen LogP contribution in [0.25, 0.3) is 11.0 Å². The number of nitrogens with one attached hydrogen (secondary N) is 1. The summed E-state index contributed by atoms with van der Waals surface area (Å²) in [6.45, 7) is 7.99. The summed E-state index contributed by atoms with van der Waals surface area (Å²) >= 11 is 0. The summed E-state index contributed by atoms with van der Waals surface area (Å²) < 4.78 is 8.28. The van der Waals surface area contributed by atoms with Crippen LogP contribution < -0.4 is 5.32 Å². The second-order valence-corrected chi connectivity index (χ2v) is 7.02. The van der Waals surface area contributed by atoms with Crippen molar-refractivity contribution in [2.45, 2.75) is 51.4 Å². The lowest BCUT2D eigenvalue weighted by Gasteiger charge is -2.33. The highest BCUT2D eigenvalue weighted by molar-refractivity contribution is 5.75. The second-order valence-electron chi connectivity index (χ2n) is 7.02. The van der Waals surface area contributed by atoms with Crippen molar-refractivity contribution in [3.63, 3.8) is 0 Å². The lowest BCUT2D eigenvalue weighted by molar-refractivity contribution is -0.0302. The molecule has 2 aliphatic rings. The molecule has 0 amide bonds. The molecule has 1 aliphatic carbocycles. The Kier molecular flexibility index (Phi) is 4.83. The van der Waals surface area contributed by atoms with Crippen LogP contribution in [-0.2, 0) is 17.8 Å².